The number of nitrogens with zero attached hydrogens (tertiary/aromatic N) is 3. The molecule has 1 amide bonds. The van der Waals surface area contributed by atoms with Crippen LogP contribution in [0.3, 0.4) is 0 Å². The Hall–Kier alpha value is -3.84. The molecule has 5 rings (SSSR count). The molecule has 0 bridgehead atoms. The molecule has 0 atom stereocenters. The zero-order valence-corrected chi connectivity index (χ0v) is 17.7. The summed E-state index contributed by atoms with van der Waals surface area (Å²) in [4.78, 5) is 37.0. The highest BCUT2D eigenvalue weighted by Gasteiger charge is 2.18. The van der Waals surface area contributed by atoms with Gasteiger partial charge in [0.25, 0.3) is 11.5 Å². The van der Waals surface area contributed by atoms with Gasteiger partial charge in [-0.05, 0) is 31.5 Å². The molecule has 0 aliphatic carbocycles. The van der Waals surface area contributed by atoms with Crippen molar-refractivity contribution in [2.75, 3.05) is 5.43 Å². The van der Waals surface area contributed by atoms with Crippen molar-refractivity contribution in [3.8, 4) is 11.1 Å². The fraction of sp³-hybridized carbons (Fsp3) is 0.0833. The highest BCUT2D eigenvalue weighted by atomic mass is 32.1. The second-order valence-corrected chi connectivity index (χ2v) is 8.47. The number of benzene rings is 2. The molecule has 0 aliphatic rings. The monoisotopic (exact) mass is 426 g/mol. The summed E-state index contributed by atoms with van der Waals surface area (Å²) < 4.78 is 1.16. The molecule has 152 valence electrons. The van der Waals surface area contributed by atoms with Gasteiger partial charge in [0.1, 0.15) is 11.2 Å². The summed E-state index contributed by atoms with van der Waals surface area (Å²) in [5.41, 5.74) is 6.11. The molecule has 1 N–H and O–H groups in total. The van der Waals surface area contributed by atoms with E-state index in [-0.39, 0.29) is 5.56 Å². The summed E-state index contributed by atoms with van der Waals surface area (Å²) >= 11 is 1.47. The number of aromatic nitrogens is 3. The van der Waals surface area contributed by atoms with Gasteiger partial charge in [0.15, 0.2) is 0 Å². The van der Waals surface area contributed by atoms with Gasteiger partial charge in [-0.3, -0.25) is 20.0 Å². The van der Waals surface area contributed by atoms with Crippen molar-refractivity contribution in [1.29, 1.82) is 0 Å². The zero-order chi connectivity index (χ0) is 21.5. The van der Waals surface area contributed by atoms with Gasteiger partial charge >= 0.3 is 0 Å². The lowest BCUT2D eigenvalue weighted by atomic mass is 10.0. The maximum Gasteiger partial charge on any atom is 0.281 e. The van der Waals surface area contributed by atoms with Crippen LogP contribution in [0.25, 0.3) is 32.2 Å². The molecule has 0 saturated heterocycles. The molecule has 6 nitrogen and oxygen atoms in total. The van der Waals surface area contributed by atoms with Crippen LogP contribution >= 0.6 is 11.3 Å². The normalized spacial score (nSPS) is 11.2. The number of rotatable bonds is 3. The van der Waals surface area contributed by atoms with Crippen LogP contribution < -0.4 is 11.0 Å². The lowest BCUT2D eigenvalue weighted by Crippen LogP contribution is -2.33. The molecule has 31 heavy (non-hydrogen) atoms. The number of fused-ring (bicyclic) bond motifs is 2. The first-order valence-electron chi connectivity index (χ1n) is 9.77. The van der Waals surface area contributed by atoms with Crippen molar-refractivity contribution in [3.63, 3.8) is 0 Å². The molecule has 3 heterocycles. The smallest absolute Gasteiger partial charge is 0.267 e. The van der Waals surface area contributed by atoms with E-state index in [0.29, 0.717) is 15.8 Å². The standard InChI is InChI=1S/C24H18N4O2S/c1-14-12-18(17-10-6-7-11-19(17)26-14)22(29)27-28-13-25-23-21(24(28)30)20(15(2)31-23)16-8-4-3-5-9-16/h3-13H,1-2H3,(H,27,29). The quantitative estimate of drug-likeness (QED) is 0.455. The third-order valence-electron chi connectivity index (χ3n) is 5.16. The number of para-hydroxylation sites is 1. The van der Waals surface area contributed by atoms with Crippen LogP contribution in [0.5, 0.6) is 0 Å². The Morgan fingerprint density at radius 2 is 1.77 bits per heavy atom. The van der Waals surface area contributed by atoms with Crippen LogP contribution in [0.4, 0.5) is 0 Å². The Morgan fingerprint density at radius 3 is 2.58 bits per heavy atom. The minimum Gasteiger partial charge on any atom is -0.267 e. The minimum absolute atomic E-state index is 0.309. The molecule has 0 aliphatic heterocycles. The van der Waals surface area contributed by atoms with Gasteiger partial charge in [-0.15, -0.1) is 11.3 Å². The van der Waals surface area contributed by atoms with E-state index in [1.54, 1.807) is 6.07 Å². The fourth-order valence-electron chi connectivity index (χ4n) is 3.80. The topological polar surface area (TPSA) is 76.9 Å². The number of carbonyl (C=O) groups excluding carboxylic acids is 1. The molecular weight excluding hydrogens is 408 g/mol. The van der Waals surface area contributed by atoms with Crippen molar-refractivity contribution in [2.45, 2.75) is 13.8 Å². The van der Waals surface area contributed by atoms with E-state index in [0.717, 1.165) is 37.3 Å². The first-order chi connectivity index (χ1) is 15.0. The lowest BCUT2D eigenvalue weighted by Gasteiger charge is -2.11. The molecular formula is C24H18N4O2S. The number of hydrogen-bond donors (Lipinski definition) is 1. The van der Waals surface area contributed by atoms with E-state index >= 15 is 0 Å². The Morgan fingerprint density at radius 1 is 1.03 bits per heavy atom. The van der Waals surface area contributed by atoms with Crippen LogP contribution in [0.15, 0.2) is 71.8 Å². The van der Waals surface area contributed by atoms with Crippen molar-refractivity contribution in [3.05, 3.63) is 93.5 Å². The SMILES string of the molecule is Cc1cc(C(=O)Nn2cnc3sc(C)c(-c4ccccc4)c3c2=O)c2ccccc2n1. The largest absolute Gasteiger partial charge is 0.281 e. The first kappa shape index (κ1) is 19.1. The second kappa shape index (κ2) is 7.45. The molecule has 0 saturated carbocycles. The van der Waals surface area contributed by atoms with Crippen molar-refractivity contribution >= 4 is 38.4 Å². The number of aryl methyl sites for hydroxylation is 2. The van der Waals surface area contributed by atoms with E-state index < -0.39 is 5.91 Å². The fourth-order valence-corrected chi connectivity index (χ4v) is 4.80. The highest BCUT2D eigenvalue weighted by Crippen LogP contribution is 2.35. The second-order valence-electron chi connectivity index (χ2n) is 7.27. The number of nitrogens with one attached hydrogen (secondary N) is 1. The van der Waals surface area contributed by atoms with E-state index in [9.17, 15) is 9.59 Å². The molecule has 5 aromatic rings. The third-order valence-corrected chi connectivity index (χ3v) is 6.18. The average Bonchev–Trinajstić information content (AvgIpc) is 3.12. The van der Waals surface area contributed by atoms with E-state index in [4.69, 9.17) is 0 Å². The lowest BCUT2D eigenvalue weighted by molar-refractivity contribution is 0.101. The molecule has 0 fully saturated rings. The summed E-state index contributed by atoms with van der Waals surface area (Å²) in [7, 11) is 0. The summed E-state index contributed by atoms with van der Waals surface area (Å²) in [6, 6.07) is 18.9. The number of pyridine rings is 1. The number of carbonyl (C=O) groups is 1. The molecule has 2 aromatic carbocycles. The molecule has 7 heteroatoms. The number of hydrogen-bond acceptors (Lipinski definition) is 5. The average molecular weight is 427 g/mol. The summed E-state index contributed by atoms with van der Waals surface area (Å²) in [6.45, 7) is 3.81. The van der Waals surface area contributed by atoms with Gasteiger partial charge in [-0.1, -0.05) is 48.5 Å². The third kappa shape index (κ3) is 3.29. The maximum absolute atomic E-state index is 13.3. The number of thiophene rings is 1. The number of amides is 1. The van der Waals surface area contributed by atoms with Crippen molar-refractivity contribution in [1.82, 2.24) is 14.6 Å². The van der Waals surface area contributed by atoms with Crippen LogP contribution in [0, 0.1) is 13.8 Å². The van der Waals surface area contributed by atoms with Gasteiger partial charge in [0.2, 0.25) is 0 Å². The summed E-state index contributed by atoms with van der Waals surface area (Å²) in [6.07, 6.45) is 1.36. The Labute approximate surface area is 181 Å². The Balaban J connectivity index is 1.62. The van der Waals surface area contributed by atoms with Gasteiger partial charge in [-0.25, -0.2) is 9.66 Å². The summed E-state index contributed by atoms with van der Waals surface area (Å²) in [5, 5.41) is 1.23. The van der Waals surface area contributed by atoms with Gasteiger partial charge in [0.05, 0.1) is 16.5 Å². The Bertz CT molecular complexity index is 1520. The van der Waals surface area contributed by atoms with Gasteiger partial charge < -0.3 is 0 Å². The predicted molar refractivity (Wildman–Crippen MR) is 124 cm³/mol. The van der Waals surface area contributed by atoms with Crippen molar-refractivity contribution in [2.24, 2.45) is 0 Å². The zero-order valence-electron chi connectivity index (χ0n) is 16.9. The van der Waals surface area contributed by atoms with E-state index in [1.807, 2.05) is 68.4 Å². The highest BCUT2D eigenvalue weighted by molar-refractivity contribution is 7.19. The molecule has 3 aromatic heterocycles. The van der Waals surface area contributed by atoms with Crippen molar-refractivity contribution < 1.29 is 4.79 Å². The maximum atomic E-state index is 13.3. The van der Waals surface area contributed by atoms with Crippen LogP contribution in [0.2, 0.25) is 0 Å². The van der Waals surface area contributed by atoms with Gasteiger partial charge in [-0.2, -0.15) is 0 Å². The Kier molecular flexibility index (Phi) is 4.60. The van der Waals surface area contributed by atoms with E-state index in [1.165, 1.54) is 17.7 Å². The predicted octanol–water partition coefficient (Wildman–Crippen LogP) is 4.67. The van der Waals surface area contributed by atoms with Gasteiger partial charge in [0, 0.05) is 21.5 Å². The summed E-state index contributed by atoms with van der Waals surface area (Å²) in [5.74, 6) is -0.391. The van der Waals surface area contributed by atoms with E-state index in [2.05, 4.69) is 15.4 Å². The minimum atomic E-state index is -0.391. The van der Waals surface area contributed by atoms with Crippen LogP contribution in [0.1, 0.15) is 20.9 Å². The molecule has 0 unspecified atom stereocenters. The molecule has 0 radical (unpaired) electrons. The first-order valence-corrected chi connectivity index (χ1v) is 10.6. The van der Waals surface area contributed by atoms with Crippen LogP contribution in [-0.2, 0) is 0 Å². The van der Waals surface area contributed by atoms with Crippen LogP contribution in [-0.4, -0.2) is 20.6 Å². The molecule has 0 spiro atoms.